The highest BCUT2D eigenvalue weighted by Crippen LogP contribution is 2.60. The Morgan fingerprint density at radius 1 is 1.34 bits per heavy atom. The summed E-state index contributed by atoms with van der Waals surface area (Å²) in [7, 11) is 0. The van der Waals surface area contributed by atoms with Crippen molar-refractivity contribution in [1.29, 1.82) is 5.26 Å². The Morgan fingerprint density at radius 2 is 2.07 bits per heavy atom. The molecule has 6 rings (SSSR count). The van der Waals surface area contributed by atoms with Crippen molar-refractivity contribution >= 4 is 23.5 Å². The fraction of sp³-hybridized carbons (Fsp3) is 0.667. The number of aliphatic hydroxyl groups is 1. The number of carboxylic acid groups (broad SMARTS) is 1. The van der Waals surface area contributed by atoms with E-state index in [1.54, 1.807) is 11.0 Å². The lowest BCUT2D eigenvalue weighted by Crippen LogP contribution is -2.61. The number of carbonyl (C=O) groups is 1. The van der Waals surface area contributed by atoms with Crippen LogP contribution in [-0.4, -0.2) is 50.4 Å². The van der Waals surface area contributed by atoms with Gasteiger partial charge < -0.3 is 20.4 Å². The van der Waals surface area contributed by atoms with Crippen LogP contribution in [0.3, 0.4) is 0 Å². The van der Waals surface area contributed by atoms with E-state index in [2.05, 4.69) is 10.3 Å². The predicted octanol–water partition coefficient (Wildman–Crippen LogP) is 3.33. The first-order valence-corrected chi connectivity index (χ1v) is 10.8. The molecule has 3 N–H and O–H groups in total. The maximum absolute atomic E-state index is 12.0. The molecule has 1 aliphatic heterocycles. The topological polar surface area (TPSA) is 109 Å². The molecule has 5 aliphatic rings. The normalized spacial score (nSPS) is 40.1. The van der Waals surface area contributed by atoms with Gasteiger partial charge in [-0.05, 0) is 68.3 Å². The van der Waals surface area contributed by atoms with Crippen LogP contribution < -0.4 is 5.32 Å². The number of likely N-dealkylation sites (tertiary alicyclic amines) is 1. The van der Waals surface area contributed by atoms with Gasteiger partial charge in [0.1, 0.15) is 11.9 Å². The Morgan fingerprint density at radius 3 is 2.66 bits per heavy atom. The Labute approximate surface area is 174 Å². The van der Waals surface area contributed by atoms with E-state index < -0.39 is 11.7 Å². The Balaban J connectivity index is 1.44. The SMILES string of the molecule is N#Cc1cnc(NC2CCN(C(=O)O)[C@@H]2C2C3CC4C[C@H]2C[C@@](O)(C4)C3)c(Cl)c1. The molecule has 154 valence electrons. The van der Waals surface area contributed by atoms with Crippen molar-refractivity contribution < 1.29 is 15.0 Å². The van der Waals surface area contributed by atoms with Crippen LogP contribution in [0.4, 0.5) is 10.6 Å². The summed E-state index contributed by atoms with van der Waals surface area (Å²) in [5.74, 6) is 2.06. The van der Waals surface area contributed by atoms with Crippen LogP contribution in [0.5, 0.6) is 0 Å². The van der Waals surface area contributed by atoms with Gasteiger partial charge in [0.05, 0.1) is 28.3 Å². The zero-order valence-electron chi connectivity index (χ0n) is 16.1. The van der Waals surface area contributed by atoms with E-state index in [1.165, 1.54) is 6.20 Å². The smallest absolute Gasteiger partial charge is 0.407 e. The van der Waals surface area contributed by atoms with Gasteiger partial charge >= 0.3 is 6.09 Å². The highest BCUT2D eigenvalue weighted by molar-refractivity contribution is 6.33. The first-order valence-electron chi connectivity index (χ1n) is 10.4. The van der Waals surface area contributed by atoms with Crippen molar-refractivity contribution in [2.24, 2.45) is 23.7 Å². The van der Waals surface area contributed by atoms with Crippen LogP contribution in [-0.2, 0) is 0 Å². The van der Waals surface area contributed by atoms with E-state index >= 15 is 0 Å². The molecule has 2 heterocycles. The zero-order valence-corrected chi connectivity index (χ0v) is 16.8. The van der Waals surface area contributed by atoms with Gasteiger partial charge in [0.25, 0.3) is 0 Å². The lowest BCUT2D eigenvalue weighted by molar-refractivity contribution is -0.162. The van der Waals surface area contributed by atoms with Gasteiger partial charge in [0, 0.05) is 12.7 Å². The van der Waals surface area contributed by atoms with Gasteiger partial charge in [0.2, 0.25) is 0 Å². The summed E-state index contributed by atoms with van der Waals surface area (Å²) in [6.45, 7) is 0.481. The minimum Gasteiger partial charge on any atom is -0.465 e. The standard InChI is InChI=1S/C21H25ClN4O3/c22-15-5-12(9-23)10-24-19(15)25-16-1-2-26(20(27)28)18(16)17-13-3-11-4-14(17)8-21(29,6-11)7-13/h5,10-11,13-14,16-18,29H,1-4,6-8H2,(H,24,25)(H,27,28)/t11?,13-,14?,16?,17?,18-,21-/m0/s1. The lowest BCUT2D eigenvalue weighted by Gasteiger charge is -2.60. The minimum absolute atomic E-state index is 0.0822. The summed E-state index contributed by atoms with van der Waals surface area (Å²) in [4.78, 5) is 17.9. The van der Waals surface area contributed by atoms with Gasteiger partial charge in [0.15, 0.2) is 0 Å². The minimum atomic E-state index is -0.884. The van der Waals surface area contributed by atoms with Crippen molar-refractivity contribution in [3.05, 3.63) is 22.8 Å². The monoisotopic (exact) mass is 416 g/mol. The van der Waals surface area contributed by atoms with Crippen LogP contribution in [0.25, 0.3) is 0 Å². The van der Waals surface area contributed by atoms with Crippen LogP contribution in [0.1, 0.15) is 44.1 Å². The summed E-state index contributed by atoms with van der Waals surface area (Å²) in [5.41, 5.74) is -0.148. The molecule has 29 heavy (non-hydrogen) atoms. The maximum Gasteiger partial charge on any atom is 0.407 e. The lowest BCUT2D eigenvalue weighted by atomic mass is 9.48. The number of nitrogens with zero attached hydrogens (tertiary/aromatic N) is 3. The number of nitriles is 1. The zero-order chi connectivity index (χ0) is 20.3. The molecular formula is C21H25ClN4O3. The second kappa shape index (κ2) is 6.75. The number of pyridine rings is 1. The largest absolute Gasteiger partial charge is 0.465 e. The molecule has 5 fully saturated rings. The molecule has 8 heteroatoms. The highest BCUT2D eigenvalue weighted by Gasteiger charge is 2.59. The third-order valence-corrected chi connectivity index (χ3v) is 7.99. The third kappa shape index (κ3) is 3.13. The first-order chi connectivity index (χ1) is 13.9. The molecule has 1 saturated heterocycles. The van der Waals surface area contributed by atoms with Crippen molar-refractivity contribution in [2.75, 3.05) is 11.9 Å². The number of rotatable bonds is 3. The maximum atomic E-state index is 12.0. The van der Waals surface area contributed by atoms with E-state index in [4.69, 9.17) is 16.9 Å². The van der Waals surface area contributed by atoms with Gasteiger partial charge in [-0.25, -0.2) is 9.78 Å². The number of hydrogen-bond donors (Lipinski definition) is 3. The molecule has 7 nitrogen and oxygen atoms in total. The Bertz CT molecular complexity index is 871. The van der Waals surface area contributed by atoms with Crippen molar-refractivity contribution in [2.45, 2.75) is 56.2 Å². The summed E-state index contributed by atoms with van der Waals surface area (Å²) in [5, 5.41) is 33.6. The number of nitrogens with one attached hydrogen (secondary N) is 1. The van der Waals surface area contributed by atoms with Crippen LogP contribution >= 0.6 is 11.6 Å². The highest BCUT2D eigenvalue weighted by atomic mass is 35.5. The summed E-state index contributed by atoms with van der Waals surface area (Å²) < 4.78 is 0. The van der Waals surface area contributed by atoms with Crippen LogP contribution in [0, 0.1) is 35.0 Å². The Hall–Kier alpha value is -2.04. The van der Waals surface area contributed by atoms with Gasteiger partial charge in [-0.2, -0.15) is 5.26 Å². The average Bonchev–Trinajstić information content (AvgIpc) is 3.05. The second-order valence-electron chi connectivity index (χ2n) is 9.44. The molecule has 4 saturated carbocycles. The number of hydrogen-bond acceptors (Lipinski definition) is 5. The van der Waals surface area contributed by atoms with Gasteiger partial charge in [-0.1, -0.05) is 11.6 Å². The molecular weight excluding hydrogens is 392 g/mol. The average molecular weight is 417 g/mol. The Kier molecular flexibility index (Phi) is 4.41. The van der Waals surface area contributed by atoms with Crippen molar-refractivity contribution in [3.63, 3.8) is 0 Å². The van der Waals surface area contributed by atoms with E-state index in [1.807, 2.05) is 6.07 Å². The first kappa shape index (κ1) is 19.0. The summed E-state index contributed by atoms with van der Waals surface area (Å²) >= 11 is 6.32. The van der Waals surface area contributed by atoms with Crippen molar-refractivity contribution in [1.82, 2.24) is 9.88 Å². The number of anilines is 1. The van der Waals surface area contributed by atoms with Gasteiger partial charge in [-0.15, -0.1) is 0 Å². The van der Waals surface area contributed by atoms with E-state index in [-0.39, 0.29) is 18.0 Å². The number of aromatic nitrogens is 1. The molecule has 7 atom stereocenters. The summed E-state index contributed by atoms with van der Waals surface area (Å²) in [6, 6.07) is 3.37. The molecule has 4 aliphatic carbocycles. The molecule has 1 aromatic heterocycles. The van der Waals surface area contributed by atoms with Gasteiger partial charge in [-0.3, -0.25) is 0 Å². The predicted molar refractivity (Wildman–Crippen MR) is 107 cm³/mol. The molecule has 4 unspecified atom stereocenters. The molecule has 4 bridgehead atoms. The molecule has 1 amide bonds. The molecule has 0 spiro atoms. The molecule has 0 aromatic carbocycles. The van der Waals surface area contributed by atoms with Crippen molar-refractivity contribution in [3.8, 4) is 6.07 Å². The third-order valence-electron chi connectivity index (χ3n) is 7.70. The molecule has 1 aromatic rings. The number of amides is 1. The van der Waals surface area contributed by atoms with E-state index in [9.17, 15) is 15.0 Å². The van der Waals surface area contributed by atoms with Crippen LogP contribution in [0.2, 0.25) is 5.02 Å². The van der Waals surface area contributed by atoms with E-state index in [0.29, 0.717) is 47.1 Å². The molecule has 0 radical (unpaired) electrons. The fourth-order valence-electron chi connectivity index (χ4n) is 7.03. The quantitative estimate of drug-likeness (QED) is 0.697. The second-order valence-corrected chi connectivity index (χ2v) is 9.85. The number of halogens is 1. The fourth-order valence-corrected chi connectivity index (χ4v) is 7.25. The van der Waals surface area contributed by atoms with E-state index in [0.717, 1.165) is 32.1 Å². The summed E-state index contributed by atoms with van der Waals surface area (Å²) in [6.07, 6.45) is 5.96. The van der Waals surface area contributed by atoms with Crippen LogP contribution in [0.15, 0.2) is 12.3 Å².